The Hall–Kier alpha value is -1.46. The Morgan fingerprint density at radius 2 is 2.21 bits per heavy atom. The number of rotatable bonds is 6. The summed E-state index contributed by atoms with van der Waals surface area (Å²) in [6, 6.07) is 10.3. The zero-order chi connectivity index (χ0) is 13.7. The van der Waals surface area contributed by atoms with Crippen molar-refractivity contribution in [3.05, 3.63) is 46.0 Å². The summed E-state index contributed by atoms with van der Waals surface area (Å²) in [5.74, 6) is 0. The van der Waals surface area contributed by atoms with Gasteiger partial charge in [-0.2, -0.15) is 0 Å². The molecule has 2 atom stereocenters. The normalized spacial score (nSPS) is 26.5. The zero-order valence-electron chi connectivity index (χ0n) is 11.2. The van der Waals surface area contributed by atoms with E-state index in [2.05, 4.69) is 17.4 Å². The molecule has 1 aliphatic heterocycles. The standard InChI is InChI=1S/C14H20N2O3/c1-2-14(9-6-10-16(17)18)15-13(11-19-14)12-7-4-3-5-8-12/h3-5,7-8,13,15H,2,6,9-11H2,1H3/t13-,14?/m0/s1. The molecule has 0 aliphatic carbocycles. The molecule has 1 aromatic rings. The predicted octanol–water partition coefficient (Wildman–Crippen LogP) is 2.51. The van der Waals surface area contributed by atoms with Gasteiger partial charge in [0.25, 0.3) is 0 Å². The molecule has 0 aromatic heterocycles. The fraction of sp³-hybridized carbons (Fsp3) is 0.571. The lowest BCUT2D eigenvalue weighted by molar-refractivity contribution is -0.481. The molecule has 1 unspecified atom stereocenters. The molecule has 2 rings (SSSR count). The fourth-order valence-electron chi connectivity index (χ4n) is 2.53. The molecule has 1 fully saturated rings. The lowest BCUT2D eigenvalue weighted by Gasteiger charge is -2.27. The van der Waals surface area contributed by atoms with E-state index in [1.807, 2.05) is 25.1 Å². The van der Waals surface area contributed by atoms with Gasteiger partial charge in [-0.3, -0.25) is 15.4 Å². The number of hydrogen-bond acceptors (Lipinski definition) is 4. The van der Waals surface area contributed by atoms with E-state index in [1.165, 1.54) is 5.56 Å². The highest BCUT2D eigenvalue weighted by molar-refractivity contribution is 5.20. The van der Waals surface area contributed by atoms with E-state index in [4.69, 9.17) is 4.74 Å². The molecule has 1 heterocycles. The zero-order valence-corrected chi connectivity index (χ0v) is 11.2. The average molecular weight is 264 g/mol. The van der Waals surface area contributed by atoms with Gasteiger partial charge in [0.15, 0.2) is 0 Å². The number of nitrogens with one attached hydrogen (secondary N) is 1. The topological polar surface area (TPSA) is 64.4 Å². The first-order valence-electron chi connectivity index (χ1n) is 6.73. The highest BCUT2D eigenvalue weighted by Gasteiger charge is 2.38. The fourth-order valence-corrected chi connectivity index (χ4v) is 2.53. The van der Waals surface area contributed by atoms with Gasteiger partial charge in [-0.15, -0.1) is 0 Å². The molecule has 19 heavy (non-hydrogen) atoms. The predicted molar refractivity (Wildman–Crippen MR) is 72.4 cm³/mol. The summed E-state index contributed by atoms with van der Waals surface area (Å²) in [6.07, 6.45) is 2.03. The lowest BCUT2D eigenvalue weighted by Crippen LogP contribution is -2.41. The second-order valence-electron chi connectivity index (χ2n) is 4.93. The van der Waals surface area contributed by atoms with Crippen molar-refractivity contribution < 1.29 is 9.66 Å². The van der Waals surface area contributed by atoms with Gasteiger partial charge >= 0.3 is 0 Å². The van der Waals surface area contributed by atoms with Crippen molar-refractivity contribution in [1.29, 1.82) is 0 Å². The maximum absolute atomic E-state index is 10.4. The van der Waals surface area contributed by atoms with Gasteiger partial charge in [0.1, 0.15) is 5.72 Å². The molecule has 1 aromatic carbocycles. The first-order chi connectivity index (χ1) is 9.15. The van der Waals surface area contributed by atoms with E-state index in [0.717, 1.165) is 6.42 Å². The van der Waals surface area contributed by atoms with Crippen molar-refractivity contribution >= 4 is 0 Å². The van der Waals surface area contributed by atoms with Gasteiger partial charge in [0.2, 0.25) is 6.54 Å². The molecule has 0 bridgehead atoms. The smallest absolute Gasteiger partial charge is 0.204 e. The Morgan fingerprint density at radius 3 is 2.84 bits per heavy atom. The molecular formula is C14H20N2O3. The largest absolute Gasteiger partial charge is 0.359 e. The third kappa shape index (κ3) is 3.52. The molecule has 1 N–H and O–H groups in total. The molecule has 0 radical (unpaired) electrons. The van der Waals surface area contributed by atoms with E-state index in [0.29, 0.717) is 19.4 Å². The monoisotopic (exact) mass is 264 g/mol. The minimum atomic E-state index is -0.406. The van der Waals surface area contributed by atoms with Crippen molar-refractivity contribution in [3.8, 4) is 0 Å². The maximum Gasteiger partial charge on any atom is 0.204 e. The molecule has 1 saturated heterocycles. The van der Waals surface area contributed by atoms with E-state index in [1.54, 1.807) is 0 Å². The van der Waals surface area contributed by atoms with Gasteiger partial charge in [-0.25, -0.2) is 0 Å². The summed E-state index contributed by atoms with van der Waals surface area (Å²) >= 11 is 0. The minimum Gasteiger partial charge on any atom is -0.359 e. The number of hydrogen-bond donors (Lipinski definition) is 1. The number of benzene rings is 1. The number of nitrogens with zero attached hydrogens (tertiary/aromatic N) is 1. The average Bonchev–Trinajstić information content (AvgIpc) is 2.84. The van der Waals surface area contributed by atoms with E-state index in [9.17, 15) is 10.1 Å². The molecule has 104 valence electrons. The second-order valence-corrected chi connectivity index (χ2v) is 4.93. The van der Waals surface area contributed by atoms with Crippen molar-refractivity contribution in [3.63, 3.8) is 0 Å². The highest BCUT2D eigenvalue weighted by atomic mass is 16.6. The summed E-state index contributed by atoms with van der Waals surface area (Å²) < 4.78 is 5.90. The number of ether oxygens (including phenoxy) is 1. The first-order valence-corrected chi connectivity index (χ1v) is 6.73. The van der Waals surface area contributed by atoms with Crippen LogP contribution in [0, 0.1) is 10.1 Å². The van der Waals surface area contributed by atoms with Crippen LogP contribution >= 0.6 is 0 Å². The van der Waals surface area contributed by atoms with Crippen LogP contribution in [0.15, 0.2) is 30.3 Å². The van der Waals surface area contributed by atoms with Gasteiger partial charge in [0, 0.05) is 11.3 Å². The Balaban J connectivity index is 1.95. The van der Waals surface area contributed by atoms with Crippen molar-refractivity contribution in [1.82, 2.24) is 5.32 Å². The van der Waals surface area contributed by atoms with Crippen LogP contribution in [0.2, 0.25) is 0 Å². The van der Waals surface area contributed by atoms with Crippen LogP contribution in [0.3, 0.4) is 0 Å². The second kappa shape index (κ2) is 6.12. The Kier molecular flexibility index (Phi) is 4.50. The molecule has 0 spiro atoms. The van der Waals surface area contributed by atoms with Crippen LogP contribution in [-0.4, -0.2) is 23.8 Å². The Bertz CT molecular complexity index is 424. The third-order valence-corrected chi connectivity index (χ3v) is 3.66. The summed E-state index contributed by atoms with van der Waals surface area (Å²) in [4.78, 5) is 10.1. The molecule has 5 nitrogen and oxygen atoms in total. The summed E-state index contributed by atoms with van der Waals surface area (Å²) in [7, 11) is 0. The minimum absolute atomic E-state index is 0.00277. The van der Waals surface area contributed by atoms with Crippen molar-refractivity contribution in [2.75, 3.05) is 13.2 Å². The van der Waals surface area contributed by atoms with Gasteiger partial charge in [0.05, 0.1) is 12.6 Å². The molecule has 1 aliphatic rings. The first kappa shape index (κ1) is 14.0. The van der Waals surface area contributed by atoms with Crippen LogP contribution in [0.1, 0.15) is 37.8 Å². The summed E-state index contributed by atoms with van der Waals surface area (Å²) in [6.45, 7) is 2.67. The van der Waals surface area contributed by atoms with Crippen molar-refractivity contribution in [2.45, 2.75) is 38.0 Å². The molecule has 5 heteroatoms. The van der Waals surface area contributed by atoms with Gasteiger partial charge < -0.3 is 4.74 Å². The molecule has 0 saturated carbocycles. The van der Waals surface area contributed by atoms with Crippen molar-refractivity contribution in [2.24, 2.45) is 0 Å². The highest BCUT2D eigenvalue weighted by Crippen LogP contribution is 2.31. The van der Waals surface area contributed by atoms with Gasteiger partial charge in [-0.1, -0.05) is 37.3 Å². The van der Waals surface area contributed by atoms with Gasteiger partial charge in [-0.05, 0) is 18.4 Å². The van der Waals surface area contributed by atoms with Crippen LogP contribution in [0.25, 0.3) is 0 Å². The van der Waals surface area contributed by atoms with E-state index in [-0.39, 0.29) is 17.5 Å². The molecular weight excluding hydrogens is 244 g/mol. The van der Waals surface area contributed by atoms with Crippen LogP contribution in [-0.2, 0) is 4.74 Å². The maximum atomic E-state index is 10.4. The SMILES string of the molecule is CCC1(CCC[N+](=O)[O-])N[C@H](c2ccccc2)CO1. The van der Waals surface area contributed by atoms with E-state index < -0.39 is 5.72 Å². The Labute approximate surface area is 113 Å². The van der Waals surface area contributed by atoms with Crippen LogP contribution < -0.4 is 5.32 Å². The molecule has 0 amide bonds. The quantitative estimate of drug-likeness (QED) is 0.633. The van der Waals surface area contributed by atoms with Crippen LogP contribution in [0.5, 0.6) is 0 Å². The summed E-state index contributed by atoms with van der Waals surface area (Å²) in [5, 5.41) is 13.9. The Morgan fingerprint density at radius 1 is 1.47 bits per heavy atom. The number of nitro groups is 1. The van der Waals surface area contributed by atoms with Crippen LogP contribution in [0.4, 0.5) is 0 Å². The lowest BCUT2D eigenvalue weighted by atomic mass is 10.0. The third-order valence-electron chi connectivity index (χ3n) is 3.66. The summed E-state index contributed by atoms with van der Waals surface area (Å²) in [5.41, 5.74) is 0.795. The van der Waals surface area contributed by atoms with E-state index >= 15 is 0 Å².